The van der Waals surface area contributed by atoms with Gasteiger partial charge in [0, 0.05) is 5.69 Å². The lowest BCUT2D eigenvalue weighted by Crippen LogP contribution is -2.36. The molecule has 4 aromatic rings. The standard InChI is InChI=1S/C26H22N2O4S/c1-31-21-10-5-6-11-22(21)32-20-15-13-19(14-16-20)27-26(30)24(18-8-3-2-4-9-18)28-25(29)23-12-7-17-33-23/h2-17,24H,1H3,(H,27,30)(H,28,29). The first kappa shape index (κ1) is 22.1. The van der Waals surface area contributed by atoms with Gasteiger partial charge in [0.25, 0.3) is 11.8 Å². The highest BCUT2D eigenvalue weighted by Crippen LogP contribution is 2.31. The molecule has 3 aromatic carbocycles. The van der Waals surface area contributed by atoms with Gasteiger partial charge in [-0.3, -0.25) is 9.59 Å². The quantitative estimate of drug-likeness (QED) is 0.357. The molecule has 0 spiro atoms. The van der Waals surface area contributed by atoms with Crippen LogP contribution in [0.2, 0.25) is 0 Å². The highest BCUT2D eigenvalue weighted by Gasteiger charge is 2.24. The van der Waals surface area contributed by atoms with Crippen LogP contribution >= 0.6 is 11.3 Å². The van der Waals surface area contributed by atoms with Crippen LogP contribution in [0.4, 0.5) is 5.69 Å². The molecule has 0 aliphatic rings. The number of methoxy groups -OCH3 is 1. The summed E-state index contributed by atoms with van der Waals surface area (Å²) in [6.45, 7) is 0. The number of amides is 2. The number of hydrogen-bond acceptors (Lipinski definition) is 5. The van der Waals surface area contributed by atoms with E-state index < -0.39 is 6.04 Å². The lowest BCUT2D eigenvalue weighted by atomic mass is 10.1. The van der Waals surface area contributed by atoms with E-state index in [1.807, 2.05) is 60.0 Å². The van der Waals surface area contributed by atoms with Gasteiger partial charge in [-0.1, -0.05) is 48.5 Å². The molecule has 0 bridgehead atoms. The van der Waals surface area contributed by atoms with E-state index in [2.05, 4.69) is 10.6 Å². The van der Waals surface area contributed by atoms with Crippen molar-refractivity contribution in [2.45, 2.75) is 6.04 Å². The number of hydrogen-bond donors (Lipinski definition) is 2. The molecular weight excluding hydrogens is 436 g/mol. The van der Waals surface area contributed by atoms with Crippen molar-refractivity contribution in [3.63, 3.8) is 0 Å². The second-order valence-corrected chi connectivity index (χ2v) is 8.01. The van der Waals surface area contributed by atoms with Gasteiger partial charge in [-0.2, -0.15) is 0 Å². The molecule has 2 amide bonds. The second-order valence-electron chi connectivity index (χ2n) is 7.06. The summed E-state index contributed by atoms with van der Waals surface area (Å²) in [6, 6.07) is 26.2. The van der Waals surface area contributed by atoms with Crippen LogP contribution in [0.5, 0.6) is 17.2 Å². The summed E-state index contributed by atoms with van der Waals surface area (Å²) in [5.74, 6) is 1.18. The van der Waals surface area contributed by atoms with Crippen molar-refractivity contribution in [2.24, 2.45) is 0 Å². The Bertz CT molecular complexity index is 1210. The van der Waals surface area contributed by atoms with E-state index in [0.717, 1.165) is 0 Å². The van der Waals surface area contributed by atoms with Gasteiger partial charge in [0.15, 0.2) is 11.5 Å². The summed E-state index contributed by atoms with van der Waals surface area (Å²) in [5.41, 5.74) is 1.27. The monoisotopic (exact) mass is 458 g/mol. The Kier molecular flexibility index (Phi) is 7.02. The molecular formula is C26H22N2O4S. The molecule has 1 atom stereocenters. The average Bonchev–Trinajstić information content (AvgIpc) is 3.40. The molecule has 1 heterocycles. The van der Waals surface area contributed by atoms with E-state index in [1.165, 1.54) is 11.3 Å². The highest BCUT2D eigenvalue weighted by molar-refractivity contribution is 7.12. The fourth-order valence-electron chi connectivity index (χ4n) is 3.21. The van der Waals surface area contributed by atoms with Gasteiger partial charge in [0.1, 0.15) is 11.8 Å². The Hall–Kier alpha value is -4.10. The van der Waals surface area contributed by atoms with Gasteiger partial charge < -0.3 is 20.1 Å². The van der Waals surface area contributed by atoms with Crippen molar-refractivity contribution in [1.29, 1.82) is 0 Å². The Morgan fingerprint density at radius 1 is 0.818 bits per heavy atom. The molecule has 0 saturated heterocycles. The van der Waals surface area contributed by atoms with Crippen LogP contribution < -0.4 is 20.1 Å². The van der Waals surface area contributed by atoms with Crippen LogP contribution in [0, 0.1) is 0 Å². The summed E-state index contributed by atoms with van der Waals surface area (Å²) in [5, 5.41) is 7.53. The molecule has 2 N–H and O–H groups in total. The van der Waals surface area contributed by atoms with Crippen molar-refractivity contribution in [3.05, 3.63) is 107 Å². The molecule has 0 fully saturated rings. The molecule has 6 nitrogen and oxygen atoms in total. The summed E-state index contributed by atoms with van der Waals surface area (Å²) in [4.78, 5) is 26.3. The van der Waals surface area contributed by atoms with Crippen molar-refractivity contribution < 1.29 is 19.1 Å². The van der Waals surface area contributed by atoms with Crippen molar-refractivity contribution in [1.82, 2.24) is 5.32 Å². The Labute approximate surface area is 195 Å². The van der Waals surface area contributed by atoms with Crippen LogP contribution in [0.1, 0.15) is 21.3 Å². The van der Waals surface area contributed by atoms with E-state index in [9.17, 15) is 9.59 Å². The zero-order valence-electron chi connectivity index (χ0n) is 17.9. The fraction of sp³-hybridized carbons (Fsp3) is 0.0769. The molecule has 0 aliphatic carbocycles. The summed E-state index contributed by atoms with van der Waals surface area (Å²) in [6.07, 6.45) is 0. The molecule has 33 heavy (non-hydrogen) atoms. The van der Waals surface area contributed by atoms with Gasteiger partial charge in [0.05, 0.1) is 12.0 Å². The Morgan fingerprint density at radius 3 is 2.18 bits per heavy atom. The molecule has 0 aliphatic heterocycles. The number of carbonyl (C=O) groups is 2. The maximum atomic E-state index is 13.1. The van der Waals surface area contributed by atoms with E-state index in [1.54, 1.807) is 43.5 Å². The lowest BCUT2D eigenvalue weighted by Gasteiger charge is -2.19. The van der Waals surface area contributed by atoms with Crippen LogP contribution in [-0.2, 0) is 4.79 Å². The highest BCUT2D eigenvalue weighted by atomic mass is 32.1. The van der Waals surface area contributed by atoms with Crippen LogP contribution in [0.3, 0.4) is 0 Å². The Morgan fingerprint density at radius 2 is 1.52 bits per heavy atom. The average molecular weight is 459 g/mol. The van der Waals surface area contributed by atoms with E-state index in [4.69, 9.17) is 9.47 Å². The third kappa shape index (κ3) is 5.58. The van der Waals surface area contributed by atoms with Crippen LogP contribution in [0.25, 0.3) is 0 Å². The maximum absolute atomic E-state index is 13.1. The van der Waals surface area contributed by atoms with E-state index in [0.29, 0.717) is 33.4 Å². The number of thiophene rings is 1. The minimum absolute atomic E-state index is 0.297. The maximum Gasteiger partial charge on any atom is 0.262 e. The zero-order valence-corrected chi connectivity index (χ0v) is 18.7. The predicted octanol–water partition coefficient (Wildman–Crippen LogP) is 5.66. The number of anilines is 1. The van der Waals surface area contributed by atoms with Crippen LogP contribution in [-0.4, -0.2) is 18.9 Å². The smallest absolute Gasteiger partial charge is 0.262 e. The van der Waals surface area contributed by atoms with E-state index >= 15 is 0 Å². The van der Waals surface area contributed by atoms with Gasteiger partial charge in [-0.05, 0) is 53.4 Å². The minimum atomic E-state index is -0.842. The SMILES string of the molecule is COc1ccccc1Oc1ccc(NC(=O)C(NC(=O)c2cccs2)c2ccccc2)cc1. The van der Waals surface area contributed by atoms with Crippen LogP contribution in [0.15, 0.2) is 96.4 Å². The zero-order chi connectivity index (χ0) is 23.0. The first-order valence-electron chi connectivity index (χ1n) is 10.2. The predicted molar refractivity (Wildman–Crippen MR) is 129 cm³/mol. The first-order chi connectivity index (χ1) is 16.1. The Balaban J connectivity index is 1.47. The number of ether oxygens (including phenoxy) is 2. The van der Waals surface area contributed by atoms with Gasteiger partial charge in [0.2, 0.25) is 0 Å². The molecule has 7 heteroatoms. The summed E-state index contributed by atoms with van der Waals surface area (Å²) < 4.78 is 11.2. The molecule has 166 valence electrons. The third-order valence-electron chi connectivity index (χ3n) is 4.83. The number of rotatable bonds is 8. The normalized spacial score (nSPS) is 11.3. The second kappa shape index (κ2) is 10.5. The lowest BCUT2D eigenvalue weighted by molar-refractivity contribution is -0.118. The summed E-state index contributed by atoms with van der Waals surface area (Å²) in [7, 11) is 1.58. The van der Waals surface area contributed by atoms with Gasteiger partial charge >= 0.3 is 0 Å². The first-order valence-corrected chi connectivity index (χ1v) is 11.1. The van der Waals surface area contributed by atoms with Crippen molar-refractivity contribution in [3.8, 4) is 17.2 Å². The molecule has 0 radical (unpaired) electrons. The molecule has 1 aromatic heterocycles. The van der Waals surface area contributed by atoms with Gasteiger partial charge in [-0.15, -0.1) is 11.3 Å². The molecule has 1 unspecified atom stereocenters. The molecule has 4 rings (SSSR count). The largest absolute Gasteiger partial charge is 0.493 e. The minimum Gasteiger partial charge on any atom is -0.493 e. The van der Waals surface area contributed by atoms with Crippen molar-refractivity contribution >= 4 is 28.8 Å². The molecule has 0 saturated carbocycles. The van der Waals surface area contributed by atoms with E-state index in [-0.39, 0.29) is 11.8 Å². The van der Waals surface area contributed by atoms with Crippen molar-refractivity contribution in [2.75, 3.05) is 12.4 Å². The van der Waals surface area contributed by atoms with Gasteiger partial charge in [-0.25, -0.2) is 0 Å². The fourth-order valence-corrected chi connectivity index (χ4v) is 3.83. The summed E-state index contributed by atoms with van der Waals surface area (Å²) >= 11 is 1.32. The number of nitrogens with one attached hydrogen (secondary N) is 2. The topological polar surface area (TPSA) is 76.7 Å². The number of benzene rings is 3. The number of para-hydroxylation sites is 2. The third-order valence-corrected chi connectivity index (χ3v) is 5.70. The number of carbonyl (C=O) groups excluding carboxylic acids is 2.